The molecule has 1 aliphatic heterocycles. The Kier molecular flexibility index (Phi) is 7.75. The summed E-state index contributed by atoms with van der Waals surface area (Å²) in [4.78, 5) is 9.71. The van der Waals surface area contributed by atoms with Crippen molar-refractivity contribution in [2.45, 2.75) is 33.7 Å². The van der Waals surface area contributed by atoms with E-state index in [0.29, 0.717) is 12.1 Å². The van der Waals surface area contributed by atoms with Gasteiger partial charge in [-0.1, -0.05) is 26.0 Å². The topological polar surface area (TPSA) is 54.7 Å². The van der Waals surface area contributed by atoms with Crippen LogP contribution in [-0.4, -0.2) is 55.0 Å². The maximum absolute atomic E-state index is 8.89. The predicted molar refractivity (Wildman–Crippen MR) is 103 cm³/mol. The van der Waals surface area contributed by atoms with Crippen LogP contribution >= 0.6 is 0 Å². The molecule has 5 heteroatoms. The largest absolute Gasteiger partial charge is 0.357 e. The molecule has 1 N–H and O–H groups in total. The van der Waals surface area contributed by atoms with E-state index in [-0.39, 0.29) is 0 Å². The smallest absolute Gasteiger partial charge is 0.194 e. The van der Waals surface area contributed by atoms with Crippen LogP contribution < -0.4 is 5.32 Å². The summed E-state index contributed by atoms with van der Waals surface area (Å²) in [6, 6.07) is 9.83. The fourth-order valence-corrected chi connectivity index (χ4v) is 3.30. The Balaban J connectivity index is 1.96. The summed E-state index contributed by atoms with van der Waals surface area (Å²) in [5.41, 5.74) is 1.83. The number of nitrogens with one attached hydrogen (secondary N) is 1. The van der Waals surface area contributed by atoms with Crippen molar-refractivity contribution in [1.29, 1.82) is 5.26 Å². The lowest BCUT2D eigenvalue weighted by Gasteiger charge is -2.24. The molecule has 1 aliphatic rings. The molecule has 1 saturated heterocycles. The second kappa shape index (κ2) is 10.0. The average Bonchev–Trinajstić information content (AvgIpc) is 3.12. The molecule has 5 nitrogen and oxygen atoms in total. The molecule has 2 rings (SSSR count). The lowest BCUT2D eigenvalue weighted by Crippen LogP contribution is -2.40. The Labute approximate surface area is 152 Å². The summed E-state index contributed by atoms with van der Waals surface area (Å²) in [7, 11) is 0. The van der Waals surface area contributed by atoms with Crippen molar-refractivity contribution < 1.29 is 0 Å². The van der Waals surface area contributed by atoms with Gasteiger partial charge in [0.25, 0.3) is 0 Å². The molecule has 0 radical (unpaired) electrons. The third-order valence-corrected chi connectivity index (χ3v) is 4.83. The van der Waals surface area contributed by atoms with Crippen LogP contribution in [0.1, 0.15) is 38.3 Å². The molecule has 0 aliphatic carbocycles. The van der Waals surface area contributed by atoms with E-state index in [1.165, 1.54) is 13.0 Å². The molecule has 1 unspecified atom stereocenters. The molecule has 1 atom stereocenters. The normalized spacial score (nSPS) is 17.8. The van der Waals surface area contributed by atoms with Gasteiger partial charge in [0.15, 0.2) is 5.96 Å². The summed E-state index contributed by atoms with van der Waals surface area (Å²) >= 11 is 0. The van der Waals surface area contributed by atoms with Crippen molar-refractivity contribution in [3.63, 3.8) is 0 Å². The van der Waals surface area contributed by atoms with Gasteiger partial charge in [0.1, 0.15) is 0 Å². The van der Waals surface area contributed by atoms with Crippen molar-refractivity contribution in [2.24, 2.45) is 10.9 Å². The third-order valence-electron chi connectivity index (χ3n) is 4.83. The summed E-state index contributed by atoms with van der Waals surface area (Å²) in [5, 5.41) is 12.3. The predicted octanol–water partition coefficient (Wildman–Crippen LogP) is 2.69. The number of likely N-dealkylation sites (tertiary alicyclic amines) is 1. The fraction of sp³-hybridized carbons (Fsp3) is 0.600. The van der Waals surface area contributed by atoms with Gasteiger partial charge < -0.3 is 15.1 Å². The van der Waals surface area contributed by atoms with E-state index in [0.717, 1.165) is 50.2 Å². The van der Waals surface area contributed by atoms with E-state index in [9.17, 15) is 0 Å². The van der Waals surface area contributed by atoms with Gasteiger partial charge in [-0.3, -0.25) is 0 Å². The first-order valence-corrected chi connectivity index (χ1v) is 9.44. The fourth-order valence-electron chi connectivity index (χ4n) is 3.30. The minimum Gasteiger partial charge on any atom is -0.357 e. The average molecular weight is 342 g/mol. The molecule has 0 aromatic heterocycles. The number of nitrogens with zero attached hydrogens (tertiary/aromatic N) is 4. The Hall–Kier alpha value is -2.06. The number of hydrogen-bond acceptors (Lipinski definition) is 3. The maximum atomic E-state index is 8.89. The molecule has 1 fully saturated rings. The highest BCUT2D eigenvalue weighted by Gasteiger charge is 2.25. The van der Waals surface area contributed by atoms with Crippen LogP contribution in [0.4, 0.5) is 0 Å². The number of aliphatic imine (C=N–C) groups is 1. The van der Waals surface area contributed by atoms with E-state index < -0.39 is 0 Å². The van der Waals surface area contributed by atoms with Gasteiger partial charge >= 0.3 is 0 Å². The van der Waals surface area contributed by atoms with Crippen LogP contribution in [0.25, 0.3) is 0 Å². The minimum atomic E-state index is 0.644. The lowest BCUT2D eigenvalue weighted by atomic mass is 10.1. The van der Waals surface area contributed by atoms with Crippen LogP contribution in [0.5, 0.6) is 0 Å². The van der Waals surface area contributed by atoms with Crippen molar-refractivity contribution in [3.8, 4) is 6.07 Å². The van der Waals surface area contributed by atoms with Crippen LogP contribution in [0.2, 0.25) is 0 Å². The third kappa shape index (κ3) is 5.75. The Morgan fingerprint density at radius 1 is 1.28 bits per heavy atom. The van der Waals surface area contributed by atoms with Gasteiger partial charge in [0.2, 0.25) is 0 Å². The first kappa shape index (κ1) is 19.3. The molecule has 136 valence electrons. The molecule has 1 aromatic rings. The van der Waals surface area contributed by atoms with Crippen LogP contribution in [0.3, 0.4) is 0 Å². The van der Waals surface area contributed by atoms with Crippen LogP contribution in [0.15, 0.2) is 29.3 Å². The van der Waals surface area contributed by atoms with Gasteiger partial charge in [-0.15, -0.1) is 0 Å². The zero-order valence-electron chi connectivity index (χ0n) is 15.8. The quantitative estimate of drug-likeness (QED) is 0.612. The van der Waals surface area contributed by atoms with Crippen LogP contribution in [0, 0.1) is 17.2 Å². The van der Waals surface area contributed by atoms with Crippen molar-refractivity contribution in [3.05, 3.63) is 35.4 Å². The Morgan fingerprint density at radius 2 is 2.00 bits per heavy atom. The number of hydrogen-bond donors (Lipinski definition) is 1. The first-order chi connectivity index (χ1) is 12.2. The summed E-state index contributed by atoms with van der Waals surface area (Å²) < 4.78 is 0. The van der Waals surface area contributed by atoms with Gasteiger partial charge in [-0.2, -0.15) is 5.26 Å². The number of guanidine groups is 1. The second-order valence-corrected chi connectivity index (χ2v) is 6.57. The maximum Gasteiger partial charge on any atom is 0.194 e. The highest BCUT2D eigenvalue weighted by atomic mass is 15.3. The van der Waals surface area contributed by atoms with Crippen molar-refractivity contribution in [2.75, 3.05) is 39.3 Å². The van der Waals surface area contributed by atoms with Crippen LogP contribution in [-0.2, 0) is 6.54 Å². The Morgan fingerprint density at radius 3 is 2.60 bits per heavy atom. The van der Waals surface area contributed by atoms with Crippen molar-refractivity contribution >= 4 is 5.96 Å². The second-order valence-electron chi connectivity index (χ2n) is 6.57. The van der Waals surface area contributed by atoms with Crippen molar-refractivity contribution in [1.82, 2.24) is 15.1 Å². The SMILES string of the molecule is CCNC(=NCc1ccc(C#N)cc1)N1CCC(CN(CC)CC)C1. The zero-order chi connectivity index (χ0) is 18.1. The van der Waals surface area contributed by atoms with E-state index in [1.807, 2.05) is 24.3 Å². The summed E-state index contributed by atoms with van der Waals surface area (Å²) in [6.07, 6.45) is 1.23. The molecule has 1 aromatic carbocycles. The van der Waals surface area contributed by atoms with Gasteiger partial charge in [0, 0.05) is 26.2 Å². The van der Waals surface area contributed by atoms with E-state index in [4.69, 9.17) is 10.3 Å². The van der Waals surface area contributed by atoms with Gasteiger partial charge in [-0.05, 0) is 50.0 Å². The van der Waals surface area contributed by atoms with E-state index in [2.05, 4.69) is 42.0 Å². The lowest BCUT2D eigenvalue weighted by molar-refractivity contribution is 0.255. The number of nitriles is 1. The zero-order valence-corrected chi connectivity index (χ0v) is 15.8. The van der Waals surface area contributed by atoms with Gasteiger partial charge in [0.05, 0.1) is 18.2 Å². The molecule has 0 saturated carbocycles. The molecule has 0 spiro atoms. The molecule has 1 heterocycles. The number of rotatable bonds is 7. The molecule has 0 amide bonds. The number of benzene rings is 1. The molecule has 0 bridgehead atoms. The highest BCUT2D eigenvalue weighted by molar-refractivity contribution is 5.80. The monoisotopic (exact) mass is 341 g/mol. The molecular formula is C20H31N5. The molecular weight excluding hydrogens is 310 g/mol. The molecule has 25 heavy (non-hydrogen) atoms. The Bertz CT molecular complexity index is 583. The van der Waals surface area contributed by atoms with E-state index >= 15 is 0 Å². The minimum absolute atomic E-state index is 0.644. The van der Waals surface area contributed by atoms with Gasteiger partial charge in [-0.25, -0.2) is 4.99 Å². The standard InChI is InChI=1S/C20H31N5/c1-4-22-20(23-14-18-9-7-17(13-21)8-10-18)25-12-11-19(16-25)15-24(5-2)6-3/h7-10,19H,4-6,11-12,14-16H2,1-3H3,(H,22,23). The first-order valence-electron chi connectivity index (χ1n) is 9.44. The summed E-state index contributed by atoms with van der Waals surface area (Å²) in [5.74, 6) is 1.73. The highest BCUT2D eigenvalue weighted by Crippen LogP contribution is 2.18. The summed E-state index contributed by atoms with van der Waals surface area (Å²) in [6.45, 7) is 13.7. The van der Waals surface area contributed by atoms with E-state index in [1.54, 1.807) is 0 Å².